The molecule has 0 amide bonds. The van der Waals surface area contributed by atoms with Crippen LogP contribution in [0.4, 0.5) is 0 Å². The first-order chi connectivity index (χ1) is 12.2. The third-order valence-corrected chi connectivity index (χ3v) is 5.31. The van der Waals surface area contributed by atoms with Crippen LogP contribution in [0.15, 0.2) is 34.9 Å². The molecule has 7 heteroatoms. The molecular formula is C18H27N5OS. The number of ether oxygens (including phenoxy) is 1. The van der Waals surface area contributed by atoms with Crippen molar-refractivity contribution in [2.45, 2.75) is 19.4 Å². The van der Waals surface area contributed by atoms with E-state index < -0.39 is 0 Å². The minimum Gasteiger partial charge on any atom is -0.370 e. The van der Waals surface area contributed by atoms with Crippen molar-refractivity contribution < 1.29 is 4.74 Å². The molecule has 0 aromatic carbocycles. The van der Waals surface area contributed by atoms with Crippen LogP contribution in [0.25, 0.3) is 0 Å². The van der Waals surface area contributed by atoms with Crippen LogP contribution in [0.1, 0.15) is 23.5 Å². The van der Waals surface area contributed by atoms with E-state index in [0.717, 1.165) is 37.6 Å². The Morgan fingerprint density at radius 1 is 1.56 bits per heavy atom. The van der Waals surface area contributed by atoms with E-state index in [4.69, 9.17) is 4.74 Å². The molecule has 0 aliphatic carbocycles. The van der Waals surface area contributed by atoms with Crippen molar-refractivity contribution in [3.63, 3.8) is 0 Å². The van der Waals surface area contributed by atoms with Crippen molar-refractivity contribution in [2.75, 3.05) is 33.3 Å². The van der Waals surface area contributed by atoms with Gasteiger partial charge in [-0.05, 0) is 23.8 Å². The van der Waals surface area contributed by atoms with Crippen LogP contribution in [-0.4, -0.2) is 53.9 Å². The van der Waals surface area contributed by atoms with Gasteiger partial charge in [-0.2, -0.15) is 5.10 Å². The van der Waals surface area contributed by atoms with Crippen molar-refractivity contribution in [1.82, 2.24) is 20.0 Å². The van der Waals surface area contributed by atoms with E-state index in [0.29, 0.717) is 12.5 Å². The maximum absolute atomic E-state index is 5.92. The summed E-state index contributed by atoms with van der Waals surface area (Å²) < 4.78 is 7.74. The lowest BCUT2D eigenvalue weighted by Crippen LogP contribution is -2.49. The summed E-state index contributed by atoms with van der Waals surface area (Å²) >= 11 is 1.83. The third-order valence-electron chi connectivity index (χ3n) is 4.41. The van der Waals surface area contributed by atoms with E-state index in [2.05, 4.69) is 44.7 Å². The van der Waals surface area contributed by atoms with Gasteiger partial charge < -0.3 is 15.0 Å². The van der Waals surface area contributed by atoms with Gasteiger partial charge in [0.25, 0.3) is 0 Å². The smallest absolute Gasteiger partial charge is 0.193 e. The van der Waals surface area contributed by atoms with Gasteiger partial charge in [0.05, 0.1) is 19.3 Å². The standard InChI is InChI=1S/C18H27N5OS/c1-14(9-16-5-4-8-25-16)10-20-18(19-2)23-6-7-24-17(13-23)15-11-21-22(3)12-15/h4-5,8,11-12,14,17H,6-7,9-10,13H2,1-3H3,(H,19,20). The second-order valence-corrected chi connectivity index (χ2v) is 7.60. The number of nitrogens with zero attached hydrogens (tertiary/aromatic N) is 4. The summed E-state index contributed by atoms with van der Waals surface area (Å²) in [4.78, 5) is 8.19. The molecule has 3 rings (SSSR count). The summed E-state index contributed by atoms with van der Waals surface area (Å²) in [5.74, 6) is 1.51. The monoisotopic (exact) mass is 361 g/mol. The first-order valence-corrected chi connectivity index (χ1v) is 9.61. The number of guanidine groups is 1. The number of hydrogen-bond acceptors (Lipinski definition) is 4. The molecule has 0 saturated carbocycles. The molecule has 1 fully saturated rings. The lowest BCUT2D eigenvalue weighted by Gasteiger charge is -2.35. The Kier molecular flexibility index (Phi) is 6.09. The van der Waals surface area contributed by atoms with Crippen molar-refractivity contribution >= 4 is 17.3 Å². The van der Waals surface area contributed by atoms with Crippen LogP contribution in [0.2, 0.25) is 0 Å². The molecule has 1 aliphatic rings. The van der Waals surface area contributed by atoms with Gasteiger partial charge in [-0.25, -0.2) is 0 Å². The van der Waals surface area contributed by atoms with Gasteiger partial charge in [0.15, 0.2) is 5.96 Å². The highest BCUT2D eigenvalue weighted by molar-refractivity contribution is 7.09. The number of aromatic nitrogens is 2. The van der Waals surface area contributed by atoms with E-state index in [1.54, 1.807) is 0 Å². The van der Waals surface area contributed by atoms with Crippen LogP contribution < -0.4 is 5.32 Å². The highest BCUT2D eigenvalue weighted by Crippen LogP contribution is 2.21. The van der Waals surface area contributed by atoms with Crippen LogP contribution in [0.5, 0.6) is 0 Å². The number of rotatable bonds is 5. The number of aliphatic imine (C=N–C) groups is 1. The number of thiophene rings is 1. The minimum atomic E-state index is 0.0459. The zero-order valence-electron chi connectivity index (χ0n) is 15.2. The molecule has 0 bridgehead atoms. The second-order valence-electron chi connectivity index (χ2n) is 6.57. The molecule has 136 valence electrons. The van der Waals surface area contributed by atoms with Crippen LogP contribution >= 0.6 is 11.3 Å². The highest BCUT2D eigenvalue weighted by atomic mass is 32.1. The predicted molar refractivity (Wildman–Crippen MR) is 102 cm³/mol. The van der Waals surface area contributed by atoms with Crippen LogP contribution in [0, 0.1) is 5.92 Å². The molecule has 0 radical (unpaired) electrons. The molecule has 2 atom stereocenters. The summed E-state index contributed by atoms with van der Waals surface area (Å²) in [6, 6.07) is 4.32. The van der Waals surface area contributed by atoms with Gasteiger partial charge in [0, 0.05) is 43.8 Å². The van der Waals surface area contributed by atoms with Crippen LogP contribution in [-0.2, 0) is 18.2 Å². The maximum Gasteiger partial charge on any atom is 0.193 e. The zero-order chi connectivity index (χ0) is 17.6. The van der Waals surface area contributed by atoms with Gasteiger partial charge in [0.2, 0.25) is 0 Å². The molecule has 2 unspecified atom stereocenters. The molecule has 1 aliphatic heterocycles. The van der Waals surface area contributed by atoms with Gasteiger partial charge in [0.1, 0.15) is 6.10 Å². The number of aryl methyl sites for hydroxylation is 1. The van der Waals surface area contributed by atoms with Crippen LogP contribution in [0.3, 0.4) is 0 Å². The van der Waals surface area contributed by atoms with E-state index in [1.165, 1.54) is 4.88 Å². The quantitative estimate of drug-likeness (QED) is 0.656. The average Bonchev–Trinajstić information content (AvgIpc) is 3.27. The zero-order valence-corrected chi connectivity index (χ0v) is 16.0. The number of morpholine rings is 1. The SMILES string of the molecule is CN=C(NCC(C)Cc1cccs1)N1CCOC(c2cnn(C)c2)C1. The molecule has 1 saturated heterocycles. The Hall–Kier alpha value is -1.86. The van der Waals surface area contributed by atoms with Crippen molar-refractivity contribution in [3.8, 4) is 0 Å². The normalized spacial score (nSPS) is 19.9. The molecule has 3 heterocycles. The topological polar surface area (TPSA) is 54.7 Å². The van der Waals surface area contributed by atoms with E-state index >= 15 is 0 Å². The molecule has 2 aromatic heterocycles. The summed E-state index contributed by atoms with van der Waals surface area (Å²) in [7, 11) is 3.78. The van der Waals surface area contributed by atoms with Crippen molar-refractivity contribution in [2.24, 2.45) is 18.0 Å². The number of hydrogen-bond donors (Lipinski definition) is 1. The maximum atomic E-state index is 5.92. The fraction of sp³-hybridized carbons (Fsp3) is 0.556. The molecule has 1 N–H and O–H groups in total. The van der Waals surface area contributed by atoms with Gasteiger partial charge in [-0.15, -0.1) is 11.3 Å². The van der Waals surface area contributed by atoms with Crippen molar-refractivity contribution in [1.29, 1.82) is 0 Å². The first kappa shape index (κ1) is 17.9. The largest absolute Gasteiger partial charge is 0.370 e. The minimum absolute atomic E-state index is 0.0459. The number of nitrogens with one attached hydrogen (secondary N) is 1. The molecular weight excluding hydrogens is 334 g/mol. The summed E-state index contributed by atoms with van der Waals surface area (Å²) in [6.07, 6.45) is 5.05. The Morgan fingerprint density at radius 2 is 2.44 bits per heavy atom. The molecule has 2 aromatic rings. The van der Waals surface area contributed by atoms with Gasteiger partial charge in [-0.3, -0.25) is 9.67 Å². The van der Waals surface area contributed by atoms with Gasteiger partial charge in [-0.1, -0.05) is 13.0 Å². The Bertz CT molecular complexity index is 681. The summed E-state index contributed by atoms with van der Waals surface area (Å²) in [5, 5.41) is 9.92. The second kappa shape index (κ2) is 8.49. The Balaban J connectivity index is 1.53. The fourth-order valence-corrected chi connectivity index (χ4v) is 3.96. The lowest BCUT2D eigenvalue weighted by molar-refractivity contribution is -0.00806. The Morgan fingerprint density at radius 3 is 3.12 bits per heavy atom. The average molecular weight is 362 g/mol. The van der Waals surface area contributed by atoms with E-state index in [-0.39, 0.29) is 6.10 Å². The summed E-state index contributed by atoms with van der Waals surface area (Å²) in [5.41, 5.74) is 1.12. The van der Waals surface area contributed by atoms with Crippen molar-refractivity contribution in [3.05, 3.63) is 40.3 Å². The van der Waals surface area contributed by atoms with E-state index in [9.17, 15) is 0 Å². The molecule has 6 nitrogen and oxygen atoms in total. The summed E-state index contributed by atoms with van der Waals surface area (Å²) in [6.45, 7) is 5.54. The first-order valence-electron chi connectivity index (χ1n) is 8.74. The molecule has 25 heavy (non-hydrogen) atoms. The lowest BCUT2D eigenvalue weighted by atomic mass is 10.1. The van der Waals surface area contributed by atoms with E-state index in [1.807, 2.05) is 42.5 Å². The van der Waals surface area contributed by atoms with Gasteiger partial charge >= 0.3 is 0 Å². The predicted octanol–water partition coefficient (Wildman–Crippen LogP) is 2.31. The fourth-order valence-electron chi connectivity index (χ4n) is 3.09. The third kappa shape index (κ3) is 4.83. The Labute approximate surface area is 153 Å². The highest BCUT2D eigenvalue weighted by Gasteiger charge is 2.25. The molecule has 0 spiro atoms.